The molecule has 1 aliphatic heterocycles. The fourth-order valence-corrected chi connectivity index (χ4v) is 3.22. The van der Waals surface area contributed by atoms with Gasteiger partial charge >= 0.3 is 5.97 Å². The lowest BCUT2D eigenvalue weighted by molar-refractivity contribution is 0.0518. The first-order valence-corrected chi connectivity index (χ1v) is 7.82. The number of nitrogens with one attached hydrogen (secondary N) is 2. The quantitative estimate of drug-likeness (QED) is 0.853. The highest BCUT2D eigenvalue weighted by Crippen LogP contribution is 2.36. The van der Waals surface area contributed by atoms with Crippen molar-refractivity contribution in [1.29, 1.82) is 0 Å². The SMILES string of the molecule is CCOC(=O)c1[nH]c2ccc(OC)cc2c1C1CCNCC1. The molecule has 22 heavy (non-hydrogen) atoms. The zero-order valence-corrected chi connectivity index (χ0v) is 13.1. The van der Waals surface area contributed by atoms with Crippen LogP contribution >= 0.6 is 0 Å². The average molecular weight is 302 g/mol. The zero-order chi connectivity index (χ0) is 15.5. The van der Waals surface area contributed by atoms with E-state index in [9.17, 15) is 4.79 Å². The van der Waals surface area contributed by atoms with E-state index in [4.69, 9.17) is 9.47 Å². The Kier molecular flexibility index (Phi) is 4.34. The third-order valence-corrected chi connectivity index (χ3v) is 4.27. The Morgan fingerprint density at radius 3 is 2.77 bits per heavy atom. The highest BCUT2D eigenvalue weighted by Gasteiger charge is 2.26. The summed E-state index contributed by atoms with van der Waals surface area (Å²) in [4.78, 5) is 15.6. The maximum absolute atomic E-state index is 12.3. The van der Waals surface area contributed by atoms with E-state index in [2.05, 4.69) is 10.3 Å². The number of carbonyl (C=O) groups excluding carboxylic acids is 1. The van der Waals surface area contributed by atoms with Crippen LogP contribution in [0.2, 0.25) is 0 Å². The third kappa shape index (κ3) is 2.68. The first-order chi connectivity index (χ1) is 10.7. The van der Waals surface area contributed by atoms with Crippen molar-refractivity contribution >= 4 is 16.9 Å². The molecule has 0 radical (unpaired) electrons. The molecule has 1 aromatic carbocycles. The van der Waals surface area contributed by atoms with E-state index in [-0.39, 0.29) is 5.97 Å². The van der Waals surface area contributed by atoms with Crippen molar-refractivity contribution in [3.63, 3.8) is 0 Å². The molecule has 5 nitrogen and oxygen atoms in total. The van der Waals surface area contributed by atoms with E-state index >= 15 is 0 Å². The zero-order valence-electron chi connectivity index (χ0n) is 13.1. The van der Waals surface area contributed by atoms with Crippen LogP contribution in [-0.2, 0) is 4.74 Å². The van der Waals surface area contributed by atoms with Crippen LogP contribution in [0.5, 0.6) is 5.75 Å². The summed E-state index contributed by atoms with van der Waals surface area (Å²) < 4.78 is 10.6. The van der Waals surface area contributed by atoms with Gasteiger partial charge in [0.1, 0.15) is 11.4 Å². The molecule has 2 heterocycles. The molecule has 0 atom stereocenters. The number of hydrogen-bond donors (Lipinski definition) is 2. The Hall–Kier alpha value is -2.01. The first kappa shape index (κ1) is 14.9. The molecule has 3 rings (SSSR count). The largest absolute Gasteiger partial charge is 0.497 e. The fraction of sp³-hybridized carbons (Fsp3) is 0.471. The number of rotatable bonds is 4. The van der Waals surface area contributed by atoms with Crippen LogP contribution in [0.4, 0.5) is 0 Å². The third-order valence-electron chi connectivity index (χ3n) is 4.27. The van der Waals surface area contributed by atoms with Gasteiger partial charge < -0.3 is 19.8 Å². The Labute approximate surface area is 130 Å². The minimum atomic E-state index is -0.272. The van der Waals surface area contributed by atoms with Crippen LogP contribution in [0.1, 0.15) is 41.7 Å². The van der Waals surface area contributed by atoms with Crippen LogP contribution in [0, 0.1) is 0 Å². The van der Waals surface area contributed by atoms with E-state index in [1.165, 1.54) is 0 Å². The average Bonchev–Trinajstić information content (AvgIpc) is 2.94. The van der Waals surface area contributed by atoms with Crippen LogP contribution < -0.4 is 10.1 Å². The van der Waals surface area contributed by atoms with Gasteiger partial charge in [-0.2, -0.15) is 0 Å². The van der Waals surface area contributed by atoms with Crippen molar-refractivity contribution in [2.45, 2.75) is 25.7 Å². The topological polar surface area (TPSA) is 63.4 Å². The van der Waals surface area contributed by atoms with Crippen LogP contribution in [-0.4, -0.2) is 37.8 Å². The summed E-state index contributed by atoms with van der Waals surface area (Å²) in [6.07, 6.45) is 2.05. The predicted molar refractivity (Wildman–Crippen MR) is 85.7 cm³/mol. The molecule has 0 unspecified atom stereocenters. The fourth-order valence-electron chi connectivity index (χ4n) is 3.22. The molecule has 2 aromatic rings. The second-order valence-corrected chi connectivity index (χ2v) is 5.57. The van der Waals surface area contributed by atoms with E-state index < -0.39 is 0 Å². The minimum absolute atomic E-state index is 0.272. The molecule has 2 N–H and O–H groups in total. The summed E-state index contributed by atoms with van der Waals surface area (Å²) in [5, 5.41) is 4.43. The number of aromatic amines is 1. The second-order valence-electron chi connectivity index (χ2n) is 5.57. The number of fused-ring (bicyclic) bond motifs is 1. The number of hydrogen-bond acceptors (Lipinski definition) is 4. The summed E-state index contributed by atoms with van der Waals surface area (Å²) in [5.41, 5.74) is 2.63. The van der Waals surface area contributed by atoms with Crippen molar-refractivity contribution in [3.05, 3.63) is 29.5 Å². The standard InChI is InChI=1S/C17H22N2O3/c1-3-22-17(20)16-15(11-6-8-18-9-7-11)13-10-12(21-2)4-5-14(13)19-16/h4-5,10-11,18-19H,3,6-9H2,1-2H3. The predicted octanol–water partition coefficient (Wildman–Crippen LogP) is 2.82. The molecule has 1 saturated heterocycles. The maximum atomic E-state index is 12.3. The van der Waals surface area contributed by atoms with Gasteiger partial charge in [0.05, 0.1) is 13.7 Å². The van der Waals surface area contributed by atoms with Crippen LogP contribution in [0.15, 0.2) is 18.2 Å². The van der Waals surface area contributed by atoms with Gasteiger partial charge in [-0.1, -0.05) is 0 Å². The van der Waals surface area contributed by atoms with Gasteiger partial charge in [-0.3, -0.25) is 0 Å². The molecular weight excluding hydrogens is 280 g/mol. The molecule has 0 amide bonds. The Morgan fingerprint density at radius 2 is 2.09 bits per heavy atom. The molecule has 1 fully saturated rings. The molecule has 0 spiro atoms. The number of ether oxygens (including phenoxy) is 2. The van der Waals surface area contributed by atoms with Crippen molar-refractivity contribution in [3.8, 4) is 5.75 Å². The minimum Gasteiger partial charge on any atom is -0.497 e. The number of methoxy groups -OCH3 is 1. The van der Waals surface area contributed by atoms with Gasteiger partial charge in [0.25, 0.3) is 0 Å². The first-order valence-electron chi connectivity index (χ1n) is 7.82. The molecule has 0 aliphatic carbocycles. The normalized spacial score (nSPS) is 15.9. The van der Waals surface area contributed by atoms with E-state index in [0.29, 0.717) is 18.2 Å². The Balaban J connectivity index is 2.13. The summed E-state index contributed by atoms with van der Waals surface area (Å²) in [6.45, 7) is 4.16. The number of carbonyl (C=O) groups is 1. The maximum Gasteiger partial charge on any atom is 0.355 e. The monoisotopic (exact) mass is 302 g/mol. The van der Waals surface area contributed by atoms with Gasteiger partial charge in [-0.25, -0.2) is 4.79 Å². The lowest BCUT2D eigenvalue weighted by Crippen LogP contribution is -2.27. The molecule has 0 saturated carbocycles. The summed E-state index contributed by atoms with van der Waals surface area (Å²) in [7, 11) is 1.66. The van der Waals surface area contributed by atoms with Crippen molar-refractivity contribution in [2.24, 2.45) is 0 Å². The number of H-pyrrole nitrogens is 1. The van der Waals surface area contributed by atoms with E-state index in [1.807, 2.05) is 25.1 Å². The second kappa shape index (κ2) is 6.40. The van der Waals surface area contributed by atoms with Crippen LogP contribution in [0.25, 0.3) is 10.9 Å². The van der Waals surface area contributed by atoms with Crippen molar-refractivity contribution in [2.75, 3.05) is 26.8 Å². The summed E-state index contributed by atoms with van der Waals surface area (Å²) >= 11 is 0. The highest BCUT2D eigenvalue weighted by atomic mass is 16.5. The highest BCUT2D eigenvalue weighted by molar-refractivity contribution is 5.99. The smallest absolute Gasteiger partial charge is 0.355 e. The Bertz CT molecular complexity index is 672. The molecule has 1 aromatic heterocycles. The number of benzene rings is 1. The lowest BCUT2D eigenvalue weighted by atomic mass is 9.88. The lowest BCUT2D eigenvalue weighted by Gasteiger charge is -2.23. The van der Waals surface area contributed by atoms with Gasteiger partial charge in [0, 0.05) is 10.9 Å². The van der Waals surface area contributed by atoms with Gasteiger partial charge in [-0.05, 0) is 62.5 Å². The molecule has 1 aliphatic rings. The van der Waals surface area contributed by atoms with Crippen LogP contribution in [0.3, 0.4) is 0 Å². The molecule has 5 heteroatoms. The number of piperidine rings is 1. The van der Waals surface area contributed by atoms with Gasteiger partial charge in [0.2, 0.25) is 0 Å². The van der Waals surface area contributed by atoms with Crippen molar-refractivity contribution in [1.82, 2.24) is 10.3 Å². The Morgan fingerprint density at radius 1 is 1.32 bits per heavy atom. The summed E-state index contributed by atoms with van der Waals surface area (Å²) in [5.74, 6) is 0.893. The molecule has 0 bridgehead atoms. The number of aromatic nitrogens is 1. The molecular formula is C17H22N2O3. The van der Waals surface area contributed by atoms with Gasteiger partial charge in [-0.15, -0.1) is 0 Å². The van der Waals surface area contributed by atoms with E-state index in [1.54, 1.807) is 7.11 Å². The number of esters is 1. The summed E-state index contributed by atoms with van der Waals surface area (Å²) in [6, 6.07) is 5.87. The van der Waals surface area contributed by atoms with Crippen molar-refractivity contribution < 1.29 is 14.3 Å². The van der Waals surface area contributed by atoms with Gasteiger partial charge in [0.15, 0.2) is 0 Å². The molecule has 118 valence electrons. The van der Waals surface area contributed by atoms with E-state index in [0.717, 1.165) is 48.1 Å².